The fourth-order valence-corrected chi connectivity index (χ4v) is 2.21. The van der Waals surface area contributed by atoms with Crippen molar-refractivity contribution in [3.05, 3.63) is 40.3 Å². The summed E-state index contributed by atoms with van der Waals surface area (Å²) in [6, 6.07) is 7.07. The number of fused-ring (bicyclic) bond motifs is 1. The van der Waals surface area contributed by atoms with Gasteiger partial charge in [0.25, 0.3) is 0 Å². The second kappa shape index (κ2) is 5.23. The van der Waals surface area contributed by atoms with Gasteiger partial charge in [0.05, 0.1) is 17.3 Å². The maximum Gasteiger partial charge on any atom is 0.193 e. The fourth-order valence-electron chi connectivity index (χ4n) is 1.83. The zero-order chi connectivity index (χ0) is 13.2. The lowest BCUT2D eigenvalue weighted by Crippen LogP contribution is -2.15. The molecule has 0 saturated carbocycles. The number of halogens is 2. The first-order valence-corrected chi connectivity index (χ1v) is 6.55. The SMILES string of the molecule is Clc1ccc(CNc2cc3c(cc2Cl)OCCO3)o1. The largest absolute Gasteiger partial charge is 0.486 e. The molecule has 0 amide bonds. The number of hydrogen-bond acceptors (Lipinski definition) is 4. The Kier molecular flexibility index (Phi) is 3.44. The van der Waals surface area contributed by atoms with Gasteiger partial charge in [-0.1, -0.05) is 11.6 Å². The van der Waals surface area contributed by atoms with Crippen molar-refractivity contribution in [1.82, 2.24) is 0 Å². The van der Waals surface area contributed by atoms with Gasteiger partial charge in [-0.05, 0) is 23.7 Å². The van der Waals surface area contributed by atoms with Gasteiger partial charge >= 0.3 is 0 Å². The number of hydrogen-bond donors (Lipinski definition) is 1. The lowest BCUT2D eigenvalue weighted by molar-refractivity contribution is 0.171. The molecule has 2 aromatic rings. The summed E-state index contributed by atoms with van der Waals surface area (Å²) in [5.41, 5.74) is 0.762. The zero-order valence-corrected chi connectivity index (χ0v) is 11.4. The van der Waals surface area contributed by atoms with E-state index in [2.05, 4.69) is 5.32 Å². The zero-order valence-electron chi connectivity index (χ0n) is 9.91. The maximum absolute atomic E-state index is 6.18. The minimum atomic E-state index is 0.366. The van der Waals surface area contributed by atoms with Crippen LogP contribution in [-0.4, -0.2) is 13.2 Å². The monoisotopic (exact) mass is 299 g/mol. The average Bonchev–Trinajstić information content (AvgIpc) is 2.82. The minimum absolute atomic E-state index is 0.366. The minimum Gasteiger partial charge on any atom is -0.486 e. The van der Waals surface area contributed by atoms with Crippen molar-refractivity contribution in [2.24, 2.45) is 0 Å². The number of nitrogens with one attached hydrogen (secondary N) is 1. The van der Waals surface area contributed by atoms with Crippen LogP contribution in [0.1, 0.15) is 5.76 Å². The van der Waals surface area contributed by atoms with E-state index in [4.69, 9.17) is 37.1 Å². The molecule has 0 radical (unpaired) electrons. The molecule has 1 aromatic heterocycles. The standard InChI is InChI=1S/C13H11Cl2NO3/c14-9-5-11-12(18-4-3-17-11)6-10(9)16-7-8-1-2-13(15)19-8/h1-2,5-6,16H,3-4,7H2. The molecule has 100 valence electrons. The summed E-state index contributed by atoms with van der Waals surface area (Å²) >= 11 is 11.9. The third kappa shape index (κ3) is 2.74. The van der Waals surface area contributed by atoms with Crippen molar-refractivity contribution in [3.63, 3.8) is 0 Å². The molecule has 3 rings (SSSR count). The quantitative estimate of drug-likeness (QED) is 0.931. The third-order valence-electron chi connectivity index (χ3n) is 2.71. The van der Waals surface area contributed by atoms with Crippen LogP contribution >= 0.6 is 23.2 Å². The van der Waals surface area contributed by atoms with Crippen LogP contribution in [0.25, 0.3) is 0 Å². The highest BCUT2D eigenvalue weighted by Gasteiger charge is 2.15. The Balaban J connectivity index is 1.77. The molecule has 4 nitrogen and oxygen atoms in total. The molecule has 0 atom stereocenters. The molecule has 0 aliphatic carbocycles. The van der Waals surface area contributed by atoms with Gasteiger partial charge in [0.1, 0.15) is 19.0 Å². The van der Waals surface area contributed by atoms with Gasteiger partial charge in [0.2, 0.25) is 0 Å². The predicted octanol–water partition coefficient (Wildman–Crippen LogP) is 3.97. The number of furan rings is 1. The first kappa shape index (κ1) is 12.5. The van der Waals surface area contributed by atoms with E-state index < -0.39 is 0 Å². The molecular weight excluding hydrogens is 289 g/mol. The second-order valence-corrected chi connectivity index (χ2v) is 4.81. The second-order valence-electron chi connectivity index (χ2n) is 4.04. The highest BCUT2D eigenvalue weighted by atomic mass is 35.5. The summed E-state index contributed by atoms with van der Waals surface area (Å²) in [7, 11) is 0. The number of ether oxygens (including phenoxy) is 2. The van der Waals surface area contributed by atoms with Gasteiger partial charge in [-0.25, -0.2) is 0 Å². The Labute approximate surface area is 120 Å². The van der Waals surface area contributed by atoms with E-state index >= 15 is 0 Å². The predicted molar refractivity (Wildman–Crippen MR) is 73.5 cm³/mol. The molecule has 1 aliphatic rings. The van der Waals surface area contributed by atoms with Gasteiger partial charge in [-0.2, -0.15) is 0 Å². The normalized spacial score (nSPS) is 13.4. The fraction of sp³-hybridized carbons (Fsp3) is 0.231. The topological polar surface area (TPSA) is 43.6 Å². The Morgan fingerprint density at radius 2 is 1.79 bits per heavy atom. The third-order valence-corrected chi connectivity index (χ3v) is 3.23. The van der Waals surface area contributed by atoms with E-state index in [1.165, 1.54) is 0 Å². The lowest BCUT2D eigenvalue weighted by atomic mass is 10.2. The van der Waals surface area contributed by atoms with E-state index in [1.54, 1.807) is 18.2 Å². The van der Waals surface area contributed by atoms with Crippen LogP contribution in [0.2, 0.25) is 10.2 Å². The van der Waals surface area contributed by atoms with Crippen molar-refractivity contribution in [2.45, 2.75) is 6.54 Å². The van der Waals surface area contributed by atoms with Crippen molar-refractivity contribution in [2.75, 3.05) is 18.5 Å². The summed E-state index contributed by atoms with van der Waals surface area (Å²) in [5.74, 6) is 2.09. The molecule has 19 heavy (non-hydrogen) atoms. The van der Waals surface area contributed by atoms with Gasteiger partial charge in [-0.3, -0.25) is 0 Å². The van der Waals surface area contributed by atoms with Gasteiger partial charge in [-0.15, -0.1) is 0 Å². The Morgan fingerprint density at radius 3 is 2.47 bits per heavy atom. The molecule has 0 unspecified atom stereocenters. The van der Waals surface area contributed by atoms with E-state index in [0.717, 1.165) is 11.4 Å². The van der Waals surface area contributed by atoms with Gasteiger partial charge in [0, 0.05) is 12.1 Å². The van der Waals surface area contributed by atoms with Crippen LogP contribution in [0.5, 0.6) is 11.5 Å². The lowest BCUT2D eigenvalue weighted by Gasteiger charge is -2.20. The van der Waals surface area contributed by atoms with Crippen LogP contribution in [0, 0.1) is 0 Å². The molecule has 6 heteroatoms. The van der Waals surface area contributed by atoms with Crippen LogP contribution in [0.4, 0.5) is 5.69 Å². The molecule has 0 spiro atoms. The molecule has 0 bridgehead atoms. The van der Waals surface area contributed by atoms with Crippen LogP contribution in [0.3, 0.4) is 0 Å². The first-order valence-electron chi connectivity index (χ1n) is 5.79. The number of anilines is 1. The molecular formula is C13H11Cl2NO3. The summed E-state index contributed by atoms with van der Waals surface area (Å²) in [6.07, 6.45) is 0. The molecule has 0 fully saturated rings. The molecule has 2 heterocycles. The summed E-state index contributed by atoms with van der Waals surface area (Å²) in [4.78, 5) is 0. The summed E-state index contributed by atoms with van der Waals surface area (Å²) < 4.78 is 16.2. The van der Waals surface area contributed by atoms with Crippen molar-refractivity contribution in [3.8, 4) is 11.5 Å². The van der Waals surface area contributed by atoms with Crippen LogP contribution in [0.15, 0.2) is 28.7 Å². The van der Waals surface area contributed by atoms with Gasteiger partial charge < -0.3 is 19.2 Å². The smallest absolute Gasteiger partial charge is 0.193 e. The van der Waals surface area contributed by atoms with Crippen molar-refractivity contribution < 1.29 is 13.9 Å². The van der Waals surface area contributed by atoms with Crippen LogP contribution in [-0.2, 0) is 6.54 Å². The van der Waals surface area contributed by atoms with Gasteiger partial charge in [0.15, 0.2) is 16.7 Å². The van der Waals surface area contributed by atoms with E-state index in [1.807, 2.05) is 6.07 Å². The Bertz CT molecular complexity index is 598. The molecule has 1 aromatic carbocycles. The van der Waals surface area contributed by atoms with E-state index in [0.29, 0.717) is 41.5 Å². The Morgan fingerprint density at radius 1 is 1.05 bits per heavy atom. The van der Waals surface area contributed by atoms with E-state index in [9.17, 15) is 0 Å². The van der Waals surface area contributed by atoms with E-state index in [-0.39, 0.29) is 0 Å². The van der Waals surface area contributed by atoms with Crippen molar-refractivity contribution >= 4 is 28.9 Å². The highest BCUT2D eigenvalue weighted by molar-refractivity contribution is 6.33. The number of rotatable bonds is 3. The Hall–Kier alpha value is -1.52. The van der Waals surface area contributed by atoms with Crippen molar-refractivity contribution in [1.29, 1.82) is 0 Å². The highest BCUT2D eigenvalue weighted by Crippen LogP contribution is 2.38. The molecule has 1 N–H and O–H groups in total. The number of benzene rings is 1. The van der Waals surface area contributed by atoms with Crippen LogP contribution < -0.4 is 14.8 Å². The molecule has 1 aliphatic heterocycles. The summed E-state index contributed by atoms with van der Waals surface area (Å²) in [5, 5.41) is 4.11. The first-order chi connectivity index (χ1) is 9.22. The maximum atomic E-state index is 6.18. The molecule has 0 saturated heterocycles. The average molecular weight is 300 g/mol. The summed E-state index contributed by atoms with van der Waals surface area (Å²) in [6.45, 7) is 1.58.